The molecule has 88 valence electrons. The van der Waals surface area contributed by atoms with Crippen molar-refractivity contribution in [2.24, 2.45) is 0 Å². The van der Waals surface area contributed by atoms with Crippen LogP contribution in [0.1, 0.15) is 21.7 Å². The van der Waals surface area contributed by atoms with Crippen LogP contribution in [0.3, 0.4) is 0 Å². The number of aryl methyl sites for hydroxylation is 2. The maximum absolute atomic E-state index is 11.1. The summed E-state index contributed by atoms with van der Waals surface area (Å²) < 4.78 is 1.48. The second kappa shape index (κ2) is 4.18. The minimum Gasteiger partial charge on any atom is -0.478 e. The van der Waals surface area contributed by atoms with Gasteiger partial charge in [-0.05, 0) is 32.0 Å². The van der Waals surface area contributed by atoms with Gasteiger partial charge in [0, 0.05) is 5.69 Å². The molecule has 0 aliphatic rings. The Labute approximate surface area is 103 Å². The van der Waals surface area contributed by atoms with Crippen molar-refractivity contribution in [1.82, 2.24) is 14.8 Å². The minimum atomic E-state index is -1.06. The number of rotatable bonds is 2. The van der Waals surface area contributed by atoms with Crippen LogP contribution in [0.2, 0.25) is 5.15 Å². The van der Waals surface area contributed by atoms with Gasteiger partial charge in [-0.25, -0.2) is 14.5 Å². The molecule has 2 aromatic heterocycles. The molecule has 0 saturated carbocycles. The first kappa shape index (κ1) is 11.6. The SMILES string of the molecule is Cc1cc(C)n(-c2nc(Cl)ccc2C(=O)O)n1. The molecule has 17 heavy (non-hydrogen) atoms. The molecule has 0 bridgehead atoms. The van der Waals surface area contributed by atoms with Gasteiger partial charge >= 0.3 is 5.97 Å². The average molecular weight is 252 g/mol. The number of hydrogen-bond acceptors (Lipinski definition) is 3. The van der Waals surface area contributed by atoms with E-state index in [1.807, 2.05) is 19.9 Å². The van der Waals surface area contributed by atoms with E-state index in [0.29, 0.717) is 0 Å². The summed E-state index contributed by atoms with van der Waals surface area (Å²) in [6.45, 7) is 3.66. The van der Waals surface area contributed by atoms with E-state index in [9.17, 15) is 4.79 Å². The highest BCUT2D eigenvalue weighted by molar-refractivity contribution is 6.29. The molecule has 0 unspecified atom stereocenters. The number of pyridine rings is 1. The zero-order valence-corrected chi connectivity index (χ0v) is 10.1. The Morgan fingerprint density at radius 1 is 1.41 bits per heavy atom. The van der Waals surface area contributed by atoms with Crippen molar-refractivity contribution in [3.63, 3.8) is 0 Å². The Balaban J connectivity index is 2.69. The van der Waals surface area contributed by atoms with Gasteiger partial charge in [0.1, 0.15) is 10.7 Å². The van der Waals surface area contributed by atoms with Gasteiger partial charge in [0.15, 0.2) is 5.82 Å². The van der Waals surface area contributed by atoms with Crippen LogP contribution in [-0.2, 0) is 0 Å². The van der Waals surface area contributed by atoms with E-state index in [1.54, 1.807) is 0 Å². The third-order valence-electron chi connectivity index (χ3n) is 2.28. The maximum atomic E-state index is 11.1. The summed E-state index contributed by atoms with van der Waals surface area (Å²) in [5.74, 6) is -0.827. The van der Waals surface area contributed by atoms with Crippen LogP contribution in [0, 0.1) is 13.8 Å². The smallest absolute Gasteiger partial charge is 0.339 e. The summed E-state index contributed by atoms with van der Waals surface area (Å²) in [5.41, 5.74) is 1.67. The number of carboxylic acids is 1. The molecule has 5 nitrogen and oxygen atoms in total. The second-order valence-electron chi connectivity index (χ2n) is 3.65. The number of carboxylic acid groups (broad SMARTS) is 1. The lowest BCUT2D eigenvalue weighted by molar-refractivity contribution is 0.0696. The number of hydrogen-bond donors (Lipinski definition) is 1. The van der Waals surface area contributed by atoms with E-state index >= 15 is 0 Å². The molecule has 0 aliphatic carbocycles. The molecule has 1 N–H and O–H groups in total. The predicted molar refractivity (Wildman–Crippen MR) is 62.8 cm³/mol. The van der Waals surface area contributed by atoms with Crippen LogP contribution in [0.15, 0.2) is 18.2 Å². The Bertz CT molecular complexity index is 592. The molecule has 0 aliphatic heterocycles. The lowest BCUT2D eigenvalue weighted by Crippen LogP contribution is -2.10. The lowest BCUT2D eigenvalue weighted by Gasteiger charge is -2.07. The topological polar surface area (TPSA) is 68.0 Å². The molecule has 2 rings (SSSR count). The molecule has 0 amide bonds. The number of carbonyl (C=O) groups is 1. The molecule has 0 aromatic carbocycles. The highest BCUT2D eigenvalue weighted by Crippen LogP contribution is 2.17. The van der Waals surface area contributed by atoms with Gasteiger partial charge in [-0.1, -0.05) is 11.6 Å². The third-order valence-corrected chi connectivity index (χ3v) is 2.49. The van der Waals surface area contributed by atoms with Crippen molar-refractivity contribution in [3.05, 3.63) is 40.3 Å². The van der Waals surface area contributed by atoms with Crippen molar-refractivity contribution in [2.75, 3.05) is 0 Å². The van der Waals surface area contributed by atoms with Crippen LogP contribution >= 0.6 is 11.6 Å². The average Bonchev–Trinajstić information content (AvgIpc) is 2.57. The van der Waals surface area contributed by atoms with Crippen LogP contribution in [0.5, 0.6) is 0 Å². The molecular formula is C11H10ClN3O2. The Morgan fingerprint density at radius 2 is 2.12 bits per heavy atom. The van der Waals surface area contributed by atoms with Crippen molar-refractivity contribution < 1.29 is 9.90 Å². The molecule has 2 aromatic rings. The van der Waals surface area contributed by atoms with Crippen LogP contribution < -0.4 is 0 Å². The van der Waals surface area contributed by atoms with Crippen LogP contribution in [-0.4, -0.2) is 25.8 Å². The fourth-order valence-electron chi connectivity index (χ4n) is 1.60. The van der Waals surface area contributed by atoms with Gasteiger partial charge in [0.2, 0.25) is 0 Å². The Morgan fingerprint density at radius 3 is 2.65 bits per heavy atom. The second-order valence-corrected chi connectivity index (χ2v) is 4.04. The number of aromatic carboxylic acids is 1. The van der Waals surface area contributed by atoms with Crippen molar-refractivity contribution in [1.29, 1.82) is 0 Å². The number of halogens is 1. The van der Waals surface area contributed by atoms with Gasteiger partial charge in [-0.15, -0.1) is 0 Å². The Hall–Kier alpha value is -1.88. The normalized spacial score (nSPS) is 10.5. The minimum absolute atomic E-state index is 0.0700. The summed E-state index contributed by atoms with van der Waals surface area (Å²) in [7, 11) is 0. The van der Waals surface area contributed by atoms with Crippen molar-refractivity contribution >= 4 is 17.6 Å². The van der Waals surface area contributed by atoms with Gasteiger partial charge < -0.3 is 5.11 Å². The van der Waals surface area contributed by atoms with Gasteiger partial charge in [0.25, 0.3) is 0 Å². The zero-order valence-electron chi connectivity index (χ0n) is 9.31. The quantitative estimate of drug-likeness (QED) is 0.831. The summed E-state index contributed by atoms with van der Waals surface area (Å²) in [5, 5.41) is 13.5. The van der Waals surface area contributed by atoms with E-state index < -0.39 is 5.97 Å². The van der Waals surface area contributed by atoms with Gasteiger partial charge in [0.05, 0.1) is 5.69 Å². The van der Waals surface area contributed by atoms with E-state index in [4.69, 9.17) is 16.7 Å². The molecule has 0 fully saturated rings. The predicted octanol–water partition coefficient (Wildman–Crippen LogP) is 2.24. The molecule has 0 spiro atoms. The summed E-state index contributed by atoms with van der Waals surface area (Å²) in [4.78, 5) is 15.1. The summed E-state index contributed by atoms with van der Waals surface area (Å²) in [6.07, 6.45) is 0. The van der Waals surface area contributed by atoms with Crippen molar-refractivity contribution in [3.8, 4) is 5.82 Å². The van der Waals surface area contributed by atoms with Crippen LogP contribution in [0.4, 0.5) is 0 Å². The summed E-state index contributed by atoms with van der Waals surface area (Å²) >= 11 is 5.79. The number of aromatic nitrogens is 3. The van der Waals surface area contributed by atoms with E-state index in [2.05, 4.69) is 10.1 Å². The first-order valence-electron chi connectivity index (χ1n) is 4.92. The molecule has 0 atom stereocenters. The van der Waals surface area contributed by atoms with Gasteiger partial charge in [-0.2, -0.15) is 5.10 Å². The van der Waals surface area contributed by atoms with E-state index in [0.717, 1.165) is 11.4 Å². The lowest BCUT2D eigenvalue weighted by atomic mass is 10.2. The van der Waals surface area contributed by atoms with Crippen molar-refractivity contribution in [2.45, 2.75) is 13.8 Å². The van der Waals surface area contributed by atoms with E-state index in [1.165, 1.54) is 16.8 Å². The molecule has 2 heterocycles. The standard InChI is InChI=1S/C11H10ClN3O2/c1-6-5-7(2)15(14-6)10-8(11(16)17)3-4-9(12)13-10/h3-5H,1-2H3,(H,16,17). The monoisotopic (exact) mass is 251 g/mol. The van der Waals surface area contributed by atoms with Gasteiger partial charge in [-0.3, -0.25) is 0 Å². The fourth-order valence-corrected chi connectivity index (χ4v) is 1.74. The van der Waals surface area contributed by atoms with E-state index in [-0.39, 0.29) is 16.5 Å². The molecule has 0 radical (unpaired) electrons. The largest absolute Gasteiger partial charge is 0.478 e. The third kappa shape index (κ3) is 2.14. The zero-order chi connectivity index (χ0) is 12.6. The maximum Gasteiger partial charge on any atom is 0.339 e. The fraction of sp³-hybridized carbons (Fsp3) is 0.182. The first-order valence-corrected chi connectivity index (χ1v) is 5.30. The summed E-state index contributed by atoms with van der Waals surface area (Å²) in [6, 6.07) is 4.71. The molecular weight excluding hydrogens is 242 g/mol. The molecule has 0 saturated heterocycles. The Kier molecular flexibility index (Phi) is 2.85. The number of nitrogens with zero attached hydrogens (tertiary/aromatic N) is 3. The molecule has 6 heteroatoms. The highest BCUT2D eigenvalue weighted by Gasteiger charge is 2.16. The first-order chi connectivity index (χ1) is 7.99. The van der Waals surface area contributed by atoms with Crippen LogP contribution in [0.25, 0.3) is 5.82 Å². The highest BCUT2D eigenvalue weighted by atomic mass is 35.5.